The average Bonchev–Trinajstić information content (AvgIpc) is 3.14. The van der Waals surface area contributed by atoms with E-state index >= 15 is 0 Å². The van der Waals surface area contributed by atoms with Gasteiger partial charge >= 0.3 is 0 Å². The van der Waals surface area contributed by atoms with Gasteiger partial charge in [-0.15, -0.1) is 23.1 Å². The van der Waals surface area contributed by atoms with Crippen molar-refractivity contribution in [3.63, 3.8) is 0 Å². The molecule has 0 saturated carbocycles. The molecule has 1 N–H and O–H groups in total. The Hall–Kier alpha value is -2.95. The molecule has 0 atom stereocenters. The fourth-order valence-electron chi connectivity index (χ4n) is 2.84. The van der Waals surface area contributed by atoms with Crippen molar-refractivity contribution in [3.8, 4) is 17.2 Å². The first kappa shape index (κ1) is 18.4. The van der Waals surface area contributed by atoms with Gasteiger partial charge in [-0.2, -0.15) is 5.26 Å². The minimum atomic E-state index is -0.308. The quantitative estimate of drug-likeness (QED) is 0.500. The van der Waals surface area contributed by atoms with E-state index in [1.165, 1.54) is 23.5 Å². The molecule has 7 heteroatoms. The van der Waals surface area contributed by atoms with Crippen LogP contribution in [0.15, 0.2) is 58.7 Å². The van der Waals surface area contributed by atoms with Crippen LogP contribution in [0, 0.1) is 17.1 Å². The van der Waals surface area contributed by atoms with Gasteiger partial charge in [0.15, 0.2) is 0 Å². The minimum Gasteiger partial charge on any atom is -0.309 e. The molecule has 0 aliphatic heterocycles. The molecule has 0 saturated heterocycles. The highest BCUT2D eigenvalue weighted by Crippen LogP contribution is 2.31. The van der Waals surface area contributed by atoms with Crippen molar-refractivity contribution in [2.45, 2.75) is 11.5 Å². The summed E-state index contributed by atoms with van der Waals surface area (Å²) in [7, 11) is 0. The number of halogens is 1. The van der Waals surface area contributed by atoms with Gasteiger partial charge in [0, 0.05) is 16.7 Å². The number of nitriles is 1. The number of aromatic amines is 1. The summed E-state index contributed by atoms with van der Waals surface area (Å²) in [4.78, 5) is 20.7. The van der Waals surface area contributed by atoms with E-state index in [4.69, 9.17) is 5.26 Å². The van der Waals surface area contributed by atoms with Crippen molar-refractivity contribution >= 4 is 33.3 Å². The maximum Gasteiger partial charge on any atom is 0.260 e. The summed E-state index contributed by atoms with van der Waals surface area (Å²) >= 11 is 3.05. The molecule has 4 rings (SSSR count). The Bertz CT molecular complexity index is 1220. The van der Waals surface area contributed by atoms with Gasteiger partial charge in [-0.25, -0.2) is 9.37 Å². The average molecular weight is 407 g/mol. The Morgan fingerprint density at radius 1 is 1.11 bits per heavy atom. The molecule has 0 spiro atoms. The number of aromatic nitrogens is 2. The zero-order chi connectivity index (χ0) is 19.5. The fraction of sp³-hybridized carbons (Fsp3) is 0.0952. The molecule has 2 aromatic carbocycles. The van der Waals surface area contributed by atoms with E-state index in [1.54, 1.807) is 36.0 Å². The number of benzene rings is 2. The summed E-state index contributed by atoms with van der Waals surface area (Å²) in [5.74, 6) is 1.66. The monoisotopic (exact) mass is 407 g/mol. The van der Waals surface area contributed by atoms with E-state index in [1.807, 2.05) is 17.5 Å². The minimum absolute atomic E-state index is 0.181. The standard InChI is InChI=1S/C21H14FN3OS2/c22-16-7-5-15(6-8-16)17-11-28-21-19(17)20(26)24-18(25-21)12-27-10-14-3-1-13(9-23)2-4-14/h1-8,11H,10,12H2,(H,24,25,26). The van der Waals surface area contributed by atoms with Gasteiger partial charge in [0.05, 0.1) is 22.8 Å². The molecule has 4 aromatic rings. The first-order valence-corrected chi connectivity index (χ1v) is 10.5. The second-order valence-corrected chi connectivity index (χ2v) is 7.99. The van der Waals surface area contributed by atoms with Crippen LogP contribution < -0.4 is 5.56 Å². The third kappa shape index (κ3) is 3.84. The van der Waals surface area contributed by atoms with Crippen LogP contribution in [0.1, 0.15) is 17.0 Å². The van der Waals surface area contributed by atoms with Gasteiger partial charge in [-0.05, 0) is 35.4 Å². The normalized spacial score (nSPS) is 10.9. The lowest BCUT2D eigenvalue weighted by atomic mass is 10.1. The van der Waals surface area contributed by atoms with Crippen molar-refractivity contribution in [1.82, 2.24) is 9.97 Å². The highest BCUT2D eigenvalue weighted by molar-refractivity contribution is 7.97. The Kier molecular flexibility index (Phi) is 5.24. The van der Waals surface area contributed by atoms with Gasteiger partial charge in [-0.3, -0.25) is 4.79 Å². The predicted octanol–water partition coefficient (Wildman–Crippen LogP) is 5.10. The number of fused-ring (bicyclic) bond motifs is 1. The van der Waals surface area contributed by atoms with E-state index in [9.17, 15) is 9.18 Å². The van der Waals surface area contributed by atoms with Crippen molar-refractivity contribution in [2.24, 2.45) is 0 Å². The van der Waals surface area contributed by atoms with Crippen LogP contribution in [0.2, 0.25) is 0 Å². The lowest BCUT2D eigenvalue weighted by Gasteiger charge is -2.03. The molecular weight excluding hydrogens is 393 g/mol. The zero-order valence-electron chi connectivity index (χ0n) is 14.6. The molecule has 2 aromatic heterocycles. The van der Waals surface area contributed by atoms with Crippen LogP contribution >= 0.6 is 23.1 Å². The highest BCUT2D eigenvalue weighted by Gasteiger charge is 2.13. The molecule has 0 radical (unpaired) electrons. The number of H-pyrrole nitrogens is 1. The Labute approximate surface area is 168 Å². The fourth-order valence-corrected chi connectivity index (χ4v) is 4.67. The van der Waals surface area contributed by atoms with Crippen molar-refractivity contribution < 1.29 is 4.39 Å². The maximum absolute atomic E-state index is 13.2. The molecule has 2 heterocycles. The molecule has 0 aliphatic rings. The Morgan fingerprint density at radius 2 is 1.86 bits per heavy atom. The lowest BCUT2D eigenvalue weighted by molar-refractivity contribution is 0.628. The maximum atomic E-state index is 13.2. The van der Waals surface area contributed by atoms with E-state index in [0.717, 1.165) is 22.4 Å². The molecule has 0 fully saturated rings. The summed E-state index contributed by atoms with van der Waals surface area (Å²) in [5, 5.41) is 11.3. The van der Waals surface area contributed by atoms with Gasteiger partial charge in [0.1, 0.15) is 16.5 Å². The van der Waals surface area contributed by atoms with Crippen molar-refractivity contribution in [3.05, 3.63) is 87.0 Å². The topological polar surface area (TPSA) is 69.5 Å². The Balaban J connectivity index is 1.52. The van der Waals surface area contributed by atoms with Gasteiger partial charge in [0.25, 0.3) is 5.56 Å². The second-order valence-electron chi connectivity index (χ2n) is 6.15. The first-order valence-electron chi connectivity index (χ1n) is 8.47. The van der Waals surface area contributed by atoms with Crippen LogP contribution in [0.25, 0.3) is 21.3 Å². The number of thioether (sulfide) groups is 1. The second kappa shape index (κ2) is 7.97. The number of nitrogens with zero attached hydrogens (tertiary/aromatic N) is 2. The number of hydrogen-bond acceptors (Lipinski definition) is 5. The lowest BCUT2D eigenvalue weighted by Crippen LogP contribution is -2.10. The summed E-state index contributed by atoms with van der Waals surface area (Å²) in [6, 6.07) is 15.6. The van der Waals surface area contributed by atoms with Crippen LogP contribution in [0.3, 0.4) is 0 Å². The van der Waals surface area contributed by atoms with Crippen LogP contribution in [0.4, 0.5) is 4.39 Å². The number of nitrogens with one attached hydrogen (secondary N) is 1. The Morgan fingerprint density at radius 3 is 2.57 bits per heavy atom. The van der Waals surface area contributed by atoms with E-state index < -0.39 is 0 Å². The van der Waals surface area contributed by atoms with E-state index in [0.29, 0.717) is 27.4 Å². The summed E-state index contributed by atoms with van der Waals surface area (Å²) in [6.07, 6.45) is 0. The molecule has 0 bridgehead atoms. The highest BCUT2D eigenvalue weighted by atomic mass is 32.2. The van der Waals surface area contributed by atoms with Gasteiger partial charge in [-0.1, -0.05) is 24.3 Å². The third-order valence-electron chi connectivity index (χ3n) is 4.24. The van der Waals surface area contributed by atoms with Gasteiger partial charge in [0.2, 0.25) is 0 Å². The molecule has 0 aliphatic carbocycles. The molecule has 28 heavy (non-hydrogen) atoms. The summed E-state index contributed by atoms with van der Waals surface area (Å²) in [5.41, 5.74) is 3.13. The van der Waals surface area contributed by atoms with Gasteiger partial charge < -0.3 is 4.98 Å². The predicted molar refractivity (Wildman–Crippen MR) is 112 cm³/mol. The van der Waals surface area contributed by atoms with Crippen LogP contribution in [0.5, 0.6) is 0 Å². The van der Waals surface area contributed by atoms with Crippen molar-refractivity contribution in [1.29, 1.82) is 5.26 Å². The molecule has 138 valence electrons. The summed E-state index contributed by atoms with van der Waals surface area (Å²) < 4.78 is 13.2. The third-order valence-corrected chi connectivity index (χ3v) is 6.13. The van der Waals surface area contributed by atoms with Crippen LogP contribution in [-0.2, 0) is 11.5 Å². The molecule has 4 nitrogen and oxygen atoms in total. The molecule has 0 unspecified atom stereocenters. The number of thiophene rings is 1. The smallest absolute Gasteiger partial charge is 0.260 e. The molecular formula is C21H14FN3OS2. The van der Waals surface area contributed by atoms with Crippen molar-refractivity contribution in [2.75, 3.05) is 0 Å². The van der Waals surface area contributed by atoms with E-state index in [2.05, 4.69) is 16.0 Å². The van der Waals surface area contributed by atoms with E-state index in [-0.39, 0.29) is 11.4 Å². The summed E-state index contributed by atoms with van der Waals surface area (Å²) in [6.45, 7) is 0. The zero-order valence-corrected chi connectivity index (χ0v) is 16.2. The first-order chi connectivity index (χ1) is 13.6. The van der Waals surface area contributed by atoms with Crippen LogP contribution in [-0.4, -0.2) is 9.97 Å². The number of hydrogen-bond donors (Lipinski definition) is 1. The SMILES string of the molecule is N#Cc1ccc(CSCc2nc3scc(-c4ccc(F)cc4)c3c(=O)[nH]2)cc1. The largest absolute Gasteiger partial charge is 0.309 e. The molecule has 0 amide bonds. The number of rotatable bonds is 5.